The second kappa shape index (κ2) is 11.8. The van der Waals surface area contributed by atoms with Crippen LogP contribution in [0.5, 0.6) is 5.75 Å². The molecule has 0 spiro atoms. The predicted octanol–water partition coefficient (Wildman–Crippen LogP) is 5.27. The summed E-state index contributed by atoms with van der Waals surface area (Å²) in [5, 5.41) is 5.79. The molecular weight excluding hydrogens is 434 g/mol. The maximum atomic E-state index is 13.1. The topological polar surface area (TPSA) is 70.7 Å². The van der Waals surface area contributed by atoms with Crippen molar-refractivity contribution in [2.45, 2.75) is 20.3 Å². The molecule has 0 bridgehead atoms. The van der Waals surface area contributed by atoms with Crippen molar-refractivity contribution in [3.05, 3.63) is 90.0 Å². The van der Waals surface area contributed by atoms with E-state index in [2.05, 4.69) is 10.6 Å². The molecular formula is C26H27N3O3S. The molecule has 0 heterocycles. The van der Waals surface area contributed by atoms with Gasteiger partial charge in [0.2, 0.25) is 0 Å². The van der Waals surface area contributed by atoms with E-state index in [1.165, 1.54) is 0 Å². The van der Waals surface area contributed by atoms with Crippen LogP contribution in [0.4, 0.5) is 11.4 Å². The van der Waals surface area contributed by atoms with Gasteiger partial charge in [-0.1, -0.05) is 37.3 Å². The Morgan fingerprint density at radius 1 is 0.909 bits per heavy atom. The van der Waals surface area contributed by atoms with Gasteiger partial charge in [-0.15, -0.1) is 0 Å². The maximum absolute atomic E-state index is 13.1. The van der Waals surface area contributed by atoms with Gasteiger partial charge in [-0.2, -0.15) is 0 Å². The minimum Gasteiger partial charge on any atom is -0.494 e. The highest BCUT2D eigenvalue weighted by Gasteiger charge is 2.16. The standard InChI is InChI=1S/C26H27N3O3S/c1-3-16-32-23-15-9-10-19(18-23)24(30)28-26(33)27-21-12-8-11-20(17-21)25(31)29(4-2)22-13-6-5-7-14-22/h5-15,17-18H,3-4,16H2,1-2H3,(H2,27,28,30,33). The Bertz CT molecular complexity index is 1120. The highest BCUT2D eigenvalue weighted by Crippen LogP contribution is 2.19. The zero-order valence-corrected chi connectivity index (χ0v) is 19.5. The molecule has 3 rings (SSSR count). The summed E-state index contributed by atoms with van der Waals surface area (Å²) >= 11 is 5.31. The zero-order valence-electron chi connectivity index (χ0n) is 18.7. The molecule has 0 unspecified atom stereocenters. The molecule has 6 nitrogen and oxygen atoms in total. The number of carbonyl (C=O) groups is 2. The Kier molecular flexibility index (Phi) is 8.55. The lowest BCUT2D eigenvalue weighted by Crippen LogP contribution is -2.34. The molecule has 0 saturated carbocycles. The highest BCUT2D eigenvalue weighted by molar-refractivity contribution is 7.80. The van der Waals surface area contributed by atoms with E-state index in [1.807, 2.05) is 44.2 Å². The summed E-state index contributed by atoms with van der Waals surface area (Å²) in [6, 6.07) is 23.5. The number of benzene rings is 3. The number of thiocarbonyl (C=S) groups is 1. The third-order valence-electron chi connectivity index (χ3n) is 4.79. The SMILES string of the molecule is CCCOc1cccc(C(=O)NC(=S)Nc2cccc(C(=O)N(CC)c3ccccc3)c2)c1. The first-order valence-corrected chi connectivity index (χ1v) is 11.2. The summed E-state index contributed by atoms with van der Waals surface area (Å²) in [6.45, 7) is 5.07. The number of rotatable bonds is 8. The van der Waals surface area contributed by atoms with Crippen LogP contribution in [0.25, 0.3) is 0 Å². The highest BCUT2D eigenvalue weighted by atomic mass is 32.1. The predicted molar refractivity (Wildman–Crippen MR) is 136 cm³/mol. The number of amides is 2. The molecule has 0 radical (unpaired) electrons. The molecule has 0 aromatic heterocycles. The Balaban J connectivity index is 1.66. The Morgan fingerprint density at radius 3 is 2.36 bits per heavy atom. The van der Waals surface area contributed by atoms with Crippen molar-refractivity contribution < 1.29 is 14.3 Å². The first kappa shape index (κ1) is 23.9. The average Bonchev–Trinajstić information content (AvgIpc) is 2.84. The van der Waals surface area contributed by atoms with E-state index in [1.54, 1.807) is 53.4 Å². The molecule has 0 aliphatic carbocycles. The van der Waals surface area contributed by atoms with Crippen molar-refractivity contribution in [2.24, 2.45) is 0 Å². The fourth-order valence-electron chi connectivity index (χ4n) is 3.22. The first-order chi connectivity index (χ1) is 16.0. The first-order valence-electron chi connectivity index (χ1n) is 10.8. The summed E-state index contributed by atoms with van der Waals surface area (Å²) in [4.78, 5) is 27.3. The van der Waals surface area contributed by atoms with Gasteiger partial charge in [-0.05, 0) is 74.1 Å². The van der Waals surface area contributed by atoms with Crippen molar-refractivity contribution in [2.75, 3.05) is 23.4 Å². The average molecular weight is 462 g/mol. The summed E-state index contributed by atoms with van der Waals surface area (Å²) in [7, 11) is 0. The third-order valence-corrected chi connectivity index (χ3v) is 5.00. The number of para-hydroxylation sites is 1. The van der Waals surface area contributed by atoms with Crippen molar-refractivity contribution >= 4 is 40.5 Å². The van der Waals surface area contributed by atoms with E-state index >= 15 is 0 Å². The molecule has 2 N–H and O–H groups in total. The van der Waals surface area contributed by atoms with E-state index in [0.29, 0.717) is 35.7 Å². The van der Waals surface area contributed by atoms with Crippen LogP contribution in [0.15, 0.2) is 78.9 Å². The minimum atomic E-state index is -0.345. The molecule has 0 atom stereocenters. The summed E-state index contributed by atoms with van der Waals surface area (Å²) in [5.41, 5.74) is 2.39. The molecule has 3 aromatic carbocycles. The van der Waals surface area contributed by atoms with Crippen molar-refractivity contribution in [3.63, 3.8) is 0 Å². The van der Waals surface area contributed by atoms with Gasteiger partial charge in [0.25, 0.3) is 11.8 Å². The van der Waals surface area contributed by atoms with Crippen LogP contribution in [0.2, 0.25) is 0 Å². The van der Waals surface area contributed by atoms with Gasteiger partial charge in [0.15, 0.2) is 5.11 Å². The maximum Gasteiger partial charge on any atom is 0.258 e. The van der Waals surface area contributed by atoms with Crippen LogP contribution in [0.1, 0.15) is 41.0 Å². The van der Waals surface area contributed by atoms with Crippen LogP contribution >= 0.6 is 12.2 Å². The monoisotopic (exact) mass is 461 g/mol. The number of anilines is 2. The second-order valence-corrected chi connectivity index (χ2v) is 7.66. The van der Waals surface area contributed by atoms with Gasteiger partial charge in [-0.3, -0.25) is 14.9 Å². The van der Waals surface area contributed by atoms with E-state index in [0.717, 1.165) is 12.1 Å². The Hall–Kier alpha value is -3.71. The van der Waals surface area contributed by atoms with E-state index in [4.69, 9.17) is 17.0 Å². The third kappa shape index (κ3) is 6.63. The lowest BCUT2D eigenvalue weighted by Gasteiger charge is -2.21. The number of nitrogens with one attached hydrogen (secondary N) is 2. The number of carbonyl (C=O) groups excluding carboxylic acids is 2. The van der Waals surface area contributed by atoms with E-state index in [-0.39, 0.29) is 16.9 Å². The van der Waals surface area contributed by atoms with Crippen LogP contribution < -0.4 is 20.3 Å². The second-order valence-electron chi connectivity index (χ2n) is 7.25. The smallest absolute Gasteiger partial charge is 0.258 e. The molecule has 0 fully saturated rings. The van der Waals surface area contributed by atoms with Crippen molar-refractivity contribution in [1.82, 2.24) is 5.32 Å². The summed E-state index contributed by atoms with van der Waals surface area (Å²) in [5.74, 6) is 0.169. The normalized spacial score (nSPS) is 10.2. The molecule has 0 aliphatic rings. The van der Waals surface area contributed by atoms with Gasteiger partial charge in [0.1, 0.15) is 5.75 Å². The molecule has 2 amide bonds. The van der Waals surface area contributed by atoms with Crippen LogP contribution in [0, 0.1) is 0 Å². The number of hydrogen-bond acceptors (Lipinski definition) is 4. The molecule has 3 aromatic rings. The fraction of sp³-hybridized carbons (Fsp3) is 0.192. The van der Waals surface area contributed by atoms with Crippen molar-refractivity contribution in [1.29, 1.82) is 0 Å². The summed E-state index contributed by atoms with van der Waals surface area (Å²) in [6.07, 6.45) is 0.882. The number of hydrogen-bond donors (Lipinski definition) is 2. The van der Waals surface area contributed by atoms with Gasteiger partial charge < -0.3 is 15.0 Å². The molecule has 170 valence electrons. The lowest BCUT2D eigenvalue weighted by molar-refractivity contribution is 0.0973. The quantitative estimate of drug-likeness (QED) is 0.447. The van der Waals surface area contributed by atoms with Crippen molar-refractivity contribution in [3.8, 4) is 5.75 Å². The van der Waals surface area contributed by atoms with Crippen LogP contribution in [0.3, 0.4) is 0 Å². The lowest BCUT2D eigenvalue weighted by atomic mass is 10.1. The molecule has 0 saturated heterocycles. The summed E-state index contributed by atoms with van der Waals surface area (Å²) < 4.78 is 5.58. The Labute approximate surface area is 199 Å². The van der Waals surface area contributed by atoms with Crippen LogP contribution in [-0.4, -0.2) is 30.1 Å². The van der Waals surface area contributed by atoms with Gasteiger partial charge in [0, 0.05) is 29.0 Å². The number of nitrogens with zero attached hydrogens (tertiary/aromatic N) is 1. The van der Waals surface area contributed by atoms with Gasteiger partial charge in [-0.25, -0.2) is 0 Å². The zero-order chi connectivity index (χ0) is 23.6. The minimum absolute atomic E-state index is 0.119. The molecule has 7 heteroatoms. The van der Waals surface area contributed by atoms with Crippen LogP contribution in [-0.2, 0) is 0 Å². The number of ether oxygens (including phenoxy) is 1. The molecule has 33 heavy (non-hydrogen) atoms. The van der Waals surface area contributed by atoms with E-state index < -0.39 is 0 Å². The largest absolute Gasteiger partial charge is 0.494 e. The van der Waals surface area contributed by atoms with Gasteiger partial charge >= 0.3 is 0 Å². The Morgan fingerprint density at radius 2 is 1.64 bits per heavy atom. The van der Waals surface area contributed by atoms with Gasteiger partial charge in [0.05, 0.1) is 6.61 Å². The van der Waals surface area contributed by atoms with E-state index in [9.17, 15) is 9.59 Å². The fourth-order valence-corrected chi connectivity index (χ4v) is 3.43. The molecule has 0 aliphatic heterocycles.